The monoisotopic (exact) mass is 286 g/mol. The minimum absolute atomic E-state index is 0.00385. The molecule has 0 amide bonds. The second-order valence-corrected chi connectivity index (χ2v) is 4.16. The van der Waals surface area contributed by atoms with Crippen molar-refractivity contribution in [3.8, 4) is 23.2 Å². The first-order chi connectivity index (χ1) is 10.2. The number of pyridine rings is 1. The highest BCUT2D eigenvalue weighted by molar-refractivity contribution is 5.67. The van der Waals surface area contributed by atoms with Crippen molar-refractivity contribution in [2.45, 2.75) is 6.61 Å². The van der Waals surface area contributed by atoms with E-state index in [1.807, 2.05) is 6.07 Å². The van der Waals surface area contributed by atoms with Gasteiger partial charge in [-0.2, -0.15) is 14.0 Å². The summed E-state index contributed by atoms with van der Waals surface area (Å²) >= 11 is 0. The number of benzene rings is 1. The topological polar surface area (TPSA) is 63.2 Å². The summed E-state index contributed by atoms with van der Waals surface area (Å²) < 4.78 is 31.0. The Labute approximate surface area is 118 Å². The Kier molecular flexibility index (Phi) is 3.20. The lowest BCUT2D eigenvalue weighted by molar-refractivity contribution is -0.0494. The highest BCUT2D eigenvalue weighted by atomic mass is 19.3. The molecule has 0 aliphatic rings. The number of nitrogens with zero attached hydrogens (tertiary/aromatic N) is 4. The summed E-state index contributed by atoms with van der Waals surface area (Å²) in [6, 6.07) is 11.5. The fourth-order valence-electron chi connectivity index (χ4n) is 1.99. The summed E-state index contributed by atoms with van der Waals surface area (Å²) in [5, 5.41) is 16.9. The van der Waals surface area contributed by atoms with Crippen LogP contribution < -0.4 is 4.74 Å². The standard InChI is InChI=1S/C14H8F2N4O/c15-14(16)21-11-4-2-1-3-10(11)13-19-18-12-6-5-9(7-17)8-20(12)13/h1-6,8,14H. The normalized spacial score (nSPS) is 10.8. The Hall–Kier alpha value is -3.01. The van der Waals surface area contributed by atoms with E-state index >= 15 is 0 Å². The van der Waals surface area contributed by atoms with Crippen molar-refractivity contribution in [1.82, 2.24) is 14.6 Å². The third-order valence-corrected chi connectivity index (χ3v) is 2.88. The molecule has 0 unspecified atom stereocenters. The molecule has 2 heterocycles. The van der Waals surface area contributed by atoms with Crippen LogP contribution in [-0.2, 0) is 0 Å². The van der Waals surface area contributed by atoms with Gasteiger partial charge >= 0.3 is 6.61 Å². The van der Waals surface area contributed by atoms with Crippen molar-refractivity contribution in [2.24, 2.45) is 0 Å². The predicted octanol–water partition coefficient (Wildman–Crippen LogP) is 2.87. The third-order valence-electron chi connectivity index (χ3n) is 2.88. The first-order valence-electron chi connectivity index (χ1n) is 5.98. The van der Waals surface area contributed by atoms with Gasteiger partial charge in [-0.15, -0.1) is 10.2 Å². The second-order valence-electron chi connectivity index (χ2n) is 4.16. The molecule has 2 aromatic heterocycles. The quantitative estimate of drug-likeness (QED) is 0.742. The molecule has 0 atom stereocenters. The van der Waals surface area contributed by atoms with Crippen LogP contribution in [0.1, 0.15) is 5.56 Å². The van der Waals surface area contributed by atoms with E-state index in [1.165, 1.54) is 6.07 Å². The van der Waals surface area contributed by atoms with E-state index in [0.29, 0.717) is 22.6 Å². The van der Waals surface area contributed by atoms with Crippen LogP contribution in [0.3, 0.4) is 0 Å². The molecule has 1 aromatic carbocycles. The number of hydrogen-bond acceptors (Lipinski definition) is 4. The van der Waals surface area contributed by atoms with E-state index in [1.54, 1.807) is 40.9 Å². The summed E-state index contributed by atoms with van der Waals surface area (Å²) in [5.74, 6) is 0.336. The number of aromatic nitrogens is 3. The lowest BCUT2D eigenvalue weighted by atomic mass is 10.2. The number of alkyl halides is 2. The molecule has 7 heteroatoms. The van der Waals surface area contributed by atoms with E-state index in [9.17, 15) is 8.78 Å². The molecule has 5 nitrogen and oxygen atoms in total. The van der Waals surface area contributed by atoms with Gasteiger partial charge in [0, 0.05) is 6.20 Å². The van der Waals surface area contributed by atoms with Crippen molar-refractivity contribution >= 4 is 5.65 Å². The van der Waals surface area contributed by atoms with Crippen LogP contribution in [0.2, 0.25) is 0 Å². The van der Waals surface area contributed by atoms with Crippen LogP contribution in [0, 0.1) is 11.3 Å². The Bertz CT molecular complexity index is 838. The highest BCUT2D eigenvalue weighted by Crippen LogP contribution is 2.30. The highest BCUT2D eigenvalue weighted by Gasteiger charge is 2.15. The van der Waals surface area contributed by atoms with E-state index in [-0.39, 0.29) is 5.75 Å². The average Bonchev–Trinajstić information content (AvgIpc) is 2.90. The van der Waals surface area contributed by atoms with Gasteiger partial charge in [-0.1, -0.05) is 12.1 Å². The smallest absolute Gasteiger partial charge is 0.387 e. The summed E-state index contributed by atoms with van der Waals surface area (Å²) in [6.07, 6.45) is 1.55. The maximum atomic E-state index is 12.5. The fraction of sp³-hybridized carbons (Fsp3) is 0.0714. The van der Waals surface area contributed by atoms with E-state index < -0.39 is 6.61 Å². The van der Waals surface area contributed by atoms with Crippen LogP contribution in [-0.4, -0.2) is 21.2 Å². The van der Waals surface area contributed by atoms with Gasteiger partial charge in [0.15, 0.2) is 11.5 Å². The number of ether oxygens (including phenoxy) is 1. The van der Waals surface area contributed by atoms with Crippen molar-refractivity contribution in [3.63, 3.8) is 0 Å². The molecule has 3 rings (SSSR count). The Balaban J connectivity index is 2.19. The van der Waals surface area contributed by atoms with Gasteiger partial charge in [0.2, 0.25) is 0 Å². The molecule has 21 heavy (non-hydrogen) atoms. The molecule has 0 spiro atoms. The van der Waals surface area contributed by atoms with Crippen LogP contribution in [0.4, 0.5) is 8.78 Å². The van der Waals surface area contributed by atoms with Crippen molar-refractivity contribution in [3.05, 3.63) is 48.2 Å². The minimum Gasteiger partial charge on any atom is -0.434 e. The van der Waals surface area contributed by atoms with Gasteiger partial charge in [-0.05, 0) is 24.3 Å². The predicted molar refractivity (Wildman–Crippen MR) is 69.8 cm³/mol. The van der Waals surface area contributed by atoms with Gasteiger partial charge in [0.05, 0.1) is 11.1 Å². The maximum Gasteiger partial charge on any atom is 0.387 e. The first kappa shape index (κ1) is 13.0. The zero-order valence-corrected chi connectivity index (χ0v) is 10.6. The SMILES string of the molecule is N#Cc1ccc2nnc(-c3ccccc3OC(F)F)n2c1. The first-order valence-corrected chi connectivity index (χ1v) is 5.98. The van der Waals surface area contributed by atoms with E-state index in [0.717, 1.165) is 0 Å². The summed E-state index contributed by atoms with van der Waals surface area (Å²) in [5.41, 5.74) is 1.30. The molecule has 0 saturated heterocycles. The minimum atomic E-state index is -2.93. The third kappa shape index (κ3) is 2.39. The van der Waals surface area contributed by atoms with Crippen LogP contribution in [0.5, 0.6) is 5.75 Å². The van der Waals surface area contributed by atoms with Crippen LogP contribution in [0.25, 0.3) is 17.0 Å². The van der Waals surface area contributed by atoms with Crippen molar-refractivity contribution < 1.29 is 13.5 Å². The largest absolute Gasteiger partial charge is 0.434 e. The number of rotatable bonds is 3. The molecule has 0 fully saturated rings. The van der Waals surface area contributed by atoms with Crippen molar-refractivity contribution in [1.29, 1.82) is 5.26 Å². The fourth-order valence-corrected chi connectivity index (χ4v) is 1.99. The maximum absolute atomic E-state index is 12.5. The number of fused-ring (bicyclic) bond motifs is 1. The number of halogens is 2. The molecule has 0 radical (unpaired) electrons. The van der Waals surface area contributed by atoms with Gasteiger partial charge in [-0.3, -0.25) is 4.40 Å². The van der Waals surface area contributed by atoms with Gasteiger partial charge < -0.3 is 4.74 Å². The molecule has 0 N–H and O–H groups in total. The Morgan fingerprint density at radius 3 is 2.71 bits per heavy atom. The molecular weight excluding hydrogens is 278 g/mol. The Morgan fingerprint density at radius 2 is 1.95 bits per heavy atom. The second kappa shape index (κ2) is 5.17. The van der Waals surface area contributed by atoms with Crippen LogP contribution >= 0.6 is 0 Å². The lowest BCUT2D eigenvalue weighted by Gasteiger charge is -2.09. The summed E-state index contributed by atoms with van der Waals surface area (Å²) in [6.45, 7) is -2.93. The summed E-state index contributed by atoms with van der Waals surface area (Å²) in [4.78, 5) is 0. The zero-order chi connectivity index (χ0) is 14.8. The number of para-hydroxylation sites is 1. The summed E-state index contributed by atoms with van der Waals surface area (Å²) in [7, 11) is 0. The molecule has 0 bridgehead atoms. The molecule has 3 aromatic rings. The van der Waals surface area contributed by atoms with E-state index in [4.69, 9.17) is 5.26 Å². The number of nitriles is 1. The number of hydrogen-bond donors (Lipinski definition) is 0. The average molecular weight is 286 g/mol. The van der Waals surface area contributed by atoms with Crippen molar-refractivity contribution in [2.75, 3.05) is 0 Å². The molecule has 0 saturated carbocycles. The molecular formula is C14H8F2N4O. The van der Waals surface area contributed by atoms with Gasteiger partial charge in [0.1, 0.15) is 11.8 Å². The molecule has 0 aliphatic heterocycles. The van der Waals surface area contributed by atoms with E-state index in [2.05, 4.69) is 14.9 Å². The molecule has 104 valence electrons. The van der Waals surface area contributed by atoms with Gasteiger partial charge in [0.25, 0.3) is 0 Å². The Morgan fingerprint density at radius 1 is 1.14 bits per heavy atom. The van der Waals surface area contributed by atoms with Crippen LogP contribution in [0.15, 0.2) is 42.6 Å². The zero-order valence-electron chi connectivity index (χ0n) is 10.6. The molecule has 0 aliphatic carbocycles. The van der Waals surface area contributed by atoms with Gasteiger partial charge in [-0.25, -0.2) is 0 Å². The lowest BCUT2D eigenvalue weighted by Crippen LogP contribution is -2.04.